The summed E-state index contributed by atoms with van der Waals surface area (Å²) in [4.78, 5) is 13.3. The van der Waals surface area contributed by atoms with Gasteiger partial charge in [-0.1, -0.05) is 0 Å². The van der Waals surface area contributed by atoms with Crippen LogP contribution < -0.4 is 5.32 Å². The first-order valence-electron chi connectivity index (χ1n) is 4.47. The van der Waals surface area contributed by atoms with Crippen molar-refractivity contribution in [2.45, 2.75) is 25.5 Å². The minimum absolute atomic E-state index is 0.0632. The number of carbonyl (C=O) groups is 1. The number of likely N-dealkylation sites (tertiary alicyclic amines) is 1. The van der Waals surface area contributed by atoms with Crippen LogP contribution in [-0.2, 0) is 4.74 Å². The second-order valence-corrected chi connectivity index (χ2v) is 3.33. The van der Waals surface area contributed by atoms with Crippen molar-refractivity contribution in [3.05, 3.63) is 0 Å². The number of hydrogen-bond acceptors (Lipinski definition) is 2. The predicted octanol–water partition coefficient (Wildman–Crippen LogP) is 0.189. The Labute approximate surface area is 71.9 Å². The molecule has 2 fully saturated rings. The molecule has 2 aliphatic heterocycles. The molecule has 2 saturated heterocycles. The normalized spacial score (nSPS) is 32.6. The summed E-state index contributed by atoms with van der Waals surface area (Å²) in [5.74, 6) is 0. The van der Waals surface area contributed by atoms with Crippen molar-refractivity contribution in [2.75, 3.05) is 19.7 Å². The Kier molecular flexibility index (Phi) is 1.92. The van der Waals surface area contributed by atoms with Gasteiger partial charge in [0.2, 0.25) is 0 Å². The van der Waals surface area contributed by atoms with E-state index in [1.807, 2.05) is 11.8 Å². The van der Waals surface area contributed by atoms with Crippen LogP contribution in [0.3, 0.4) is 0 Å². The summed E-state index contributed by atoms with van der Waals surface area (Å²) in [6.07, 6.45) is 1.33. The Morgan fingerprint density at radius 1 is 1.75 bits per heavy atom. The molecule has 0 aliphatic carbocycles. The first-order chi connectivity index (χ1) is 5.81. The Morgan fingerprint density at radius 2 is 2.58 bits per heavy atom. The number of nitrogens with one attached hydrogen (secondary N) is 1. The minimum Gasteiger partial charge on any atom is -0.374 e. The summed E-state index contributed by atoms with van der Waals surface area (Å²) >= 11 is 0. The maximum atomic E-state index is 11.4. The number of ether oxygens (including phenoxy) is 1. The fourth-order valence-electron chi connectivity index (χ4n) is 1.90. The quantitative estimate of drug-likeness (QED) is 0.610. The number of morpholine rings is 1. The van der Waals surface area contributed by atoms with E-state index in [4.69, 9.17) is 4.74 Å². The largest absolute Gasteiger partial charge is 0.374 e. The van der Waals surface area contributed by atoms with Crippen LogP contribution in [-0.4, -0.2) is 42.8 Å². The van der Waals surface area contributed by atoms with Crippen LogP contribution in [0.5, 0.6) is 0 Å². The molecule has 2 amide bonds. The molecule has 12 heavy (non-hydrogen) atoms. The fourth-order valence-corrected chi connectivity index (χ4v) is 1.90. The summed E-state index contributed by atoms with van der Waals surface area (Å²) < 4.78 is 5.39. The highest BCUT2D eigenvalue weighted by Gasteiger charge is 2.41. The highest BCUT2D eigenvalue weighted by molar-refractivity contribution is 5.75. The van der Waals surface area contributed by atoms with Crippen LogP contribution in [0.25, 0.3) is 0 Å². The number of urea groups is 1. The van der Waals surface area contributed by atoms with Gasteiger partial charge in [-0.25, -0.2) is 4.79 Å². The zero-order valence-electron chi connectivity index (χ0n) is 7.25. The van der Waals surface area contributed by atoms with Crippen LogP contribution >= 0.6 is 0 Å². The number of amides is 2. The van der Waals surface area contributed by atoms with Crippen molar-refractivity contribution < 1.29 is 9.53 Å². The molecule has 0 spiro atoms. The number of carbonyl (C=O) groups excluding carboxylic acids is 1. The summed E-state index contributed by atoms with van der Waals surface area (Å²) in [5, 5.41) is 2.80. The third kappa shape index (κ3) is 1.16. The second kappa shape index (κ2) is 2.94. The van der Waals surface area contributed by atoms with Gasteiger partial charge in [0.1, 0.15) is 0 Å². The topological polar surface area (TPSA) is 41.6 Å². The van der Waals surface area contributed by atoms with Gasteiger partial charge < -0.3 is 15.0 Å². The van der Waals surface area contributed by atoms with E-state index in [0.29, 0.717) is 18.7 Å². The molecule has 2 unspecified atom stereocenters. The summed E-state index contributed by atoms with van der Waals surface area (Å²) in [7, 11) is 0. The fraction of sp³-hybridized carbons (Fsp3) is 0.875. The SMILES string of the molecule is CCNC(=O)N1CC2CC1CO2. The van der Waals surface area contributed by atoms with Gasteiger partial charge in [-0.05, 0) is 13.3 Å². The molecule has 4 heteroatoms. The van der Waals surface area contributed by atoms with Crippen LogP contribution in [0, 0.1) is 0 Å². The van der Waals surface area contributed by atoms with Crippen molar-refractivity contribution in [3.8, 4) is 0 Å². The van der Waals surface area contributed by atoms with Crippen LogP contribution in [0.4, 0.5) is 4.79 Å². The maximum Gasteiger partial charge on any atom is 0.317 e. The summed E-state index contributed by atoms with van der Waals surface area (Å²) in [6, 6.07) is 0.398. The molecule has 4 nitrogen and oxygen atoms in total. The second-order valence-electron chi connectivity index (χ2n) is 3.33. The zero-order valence-corrected chi connectivity index (χ0v) is 7.25. The van der Waals surface area contributed by atoms with Gasteiger partial charge in [-0.15, -0.1) is 0 Å². The molecule has 2 heterocycles. The highest BCUT2D eigenvalue weighted by Crippen LogP contribution is 2.27. The number of rotatable bonds is 1. The Morgan fingerprint density at radius 3 is 3.08 bits per heavy atom. The molecule has 68 valence electrons. The Bertz CT molecular complexity index is 195. The van der Waals surface area contributed by atoms with Crippen molar-refractivity contribution >= 4 is 6.03 Å². The zero-order chi connectivity index (χ0) is 8.55. The molecule has 2 atom stereocenters. The first kappa shape index (κ1) is 7.86. The third-order valence-electron chi connectivity index (χ3n) is 2.49. The van der Waals surface area contributed by atoms with Crippen molar-refractivity contribution in [1.29, 1.82) is 0 Å². The lowest BCUT2D eigenvalue weighted by Crippen LogP contribution is -2.46. The average molecular weight is 170 g/mol. The molecule has 2 rings (SSSR count). The van der Waals surface area contributed by atoms with Crippen molar-refractivity contribution in [3.63, 3.8) is 0 Å². The molecule has 0 aromatic heterocycles. The first-order valence-corrected chi connectivity index (χ1v) is 4.47. The lowest BCUT2D eigenvalue weighted by Gasteiger charge is -2.26. The minimum atomic E-state index is 0.0632. The van der Waals surface area contributed by atoms with Crippen molar-refractivity contribution in [2.24, 2.45) is 0 Å². The number of nitrogens with zero attached hydrogens (tertiary/aromatic N) is 1. The van der Waals surface area contributed by atoms with Crippen LogP contribution in [0.2, 0.25) is 0 Å². The van der Waals surface area contributed by atoms with Gasteiger partial charge in [-0.2, -0.15) is 0 Å². The molecule has 2 aliphatic rings. The van der Waals surface area contributed by atoms with Crippen LogP contribution in [0.1, 0.15) is 13.3 Å². The van der Waals surface area contributed by atoms with Gasteiger partial charge >= 0.3 is 6.03 Å². The smallest absolute Gasteiger partial charge is 0.317 e. The van der Waals surface area contributed by atoms with Gasteiger partial charge in [0.25, 0.3) is 0 Å². The van der Waals surface area contributed by atoms with E-state index in [0.717, 1.165) is 19.6 Å². The molecular formula is C8H14N2O2. The monoisotopic (exact) mass is 170 g/mol. The van der Waals surface area contributed by atoms with Crippen molar-refractivity contribution in [1.82, 2.24) is 10.2 Å². The van der Waals surface area contributed by atoms with E-state index >= 15 is 0 Å². The molecule has 1 N–H and O–H groups in total. The van der Waals surface area contributed by atoms with Gasteiger partial charge in [0.05, 0.1) is 18.8 Å². The molecule has 0 radical (unpaired) electrons. The molecule has 0 aromatic rings. The maximum absolute atomic E-state index is 11.4. The Balaban J connectivity index is 1.93. The van der Waals surface area contributed by atoms with E-state index in [1.165, 1.54) is 0 Å². The van der Waals surface area contributed by atoms with Crippen LogP contribution in [0.15, 0.2) is 0 Å². The molecule has 0 saturated carbocycles. The third-order valence-corrected chi connectivity index (χ3v) is 2.49. The number of fused-ring (bicyclic) bond motifs is 2. The predicted molar refractivity (Wildman–Crippen MR) is 43.9 cm³/mol. The lowest BCUT2D eigenvalue weighted by atomic mass is 10.2. The van der Waals surface area contributed by atoms with E-state index in [2.05, 4.69) is 5.32 Å². The summed E-state index contributed by atoms with van der Waals surface area (Å²) in [5.41, 5.74) is 0. The average Bonchev–Trinajstić information content (AvgIpc) is 2.64. The van der Waals surface area contributed by atoms with Gasteiger partial charge in [0.15, 0.2) is 0 Å². The lowest BCUT2D eigenvalue weighted by molar-refractivity contribution is 0.0447. The van der Waals surface area contributed by atoms with Gasteiger partial charge in [0, 0.05) is 13.1 Å². The molecule has 2 bridgehead atoms. The van der Waals surface area contributed by atoms with E-state index in [9.17, 15) is 4.79 Å². The molecule has 0 aromatic carbocycles. The number of hydrogen-bond donors (Lipinski definition) is 1. The standard InChI is InChI=1S/C8H14N2O2/c1-2-9-8(11)10-4-7-3-6(10)5-12-7/h6-7H,2-5H2,1H3,(H,9,11). The molecular weight excluding hydrogens is 156 g/mol. The van der Waals surface area contributed by atoms with E-state index < -0.39 is 0 Å². The van der Waals surface area contributed by atoms with E-state index in [1.54, 1.807) is 0 Å². The summed E-state index contributed by atoms with van der Waals surface area (Å²) in [6.45, 7) is 4.13. The van der Waals surface area contributed by atoms with Gasteiger partial charge in [-0.3, -0.25) is 0 Å². The Hall–Kier alpha value is -0.770. The highest BCUT2D eigenvalue weighted by atomic mass is 16.5. The van der Waals surface area contributed by atoms with E-state index in [-0.39, 0.29) is 6.03 Å².